The van der Waals surface area contributed by atoms with Crippen LogP contribution in [0.15, 0.2) is 66.7 Å². The van der Waals surface area contributed by atoms with Gasteiger partial charge in [-0.1, -0.05) is 62.4 Å². The van der Waals surface area contributed by atoms with E-state index >= 15 is 0 Å². The molecular formula is C22H23NO2. The number of carbonyl (C=O) groups is 1. The summed E-state index contributed by atoms with van der Waals surface area (Å²) >= 11 is 0. The fourth-order valence-corrected chi connectivity index (χ4v) is 2.63. The van der Waals surface area contributed by atoms with Gasteiger partial charge in [-0.2, -0.15) is 0 Å². The zero-order chi connectivity index (χ0) is 17.6. The highest BCUT2D eigenvalue weighted by molar-refractivity contribution is 5.94. The molecule has 128 valence electrons. The normalized spacial score (nSPS) is 10.8. The Hall–Kier alpha value is -2.81. The van der Waals surface area contributed by atoms with Crippen LogP contribution < -0.4 is 10.1 Å². The van der Waals surface area contributed by atoms with Crippen molar-refractivity contribution >= 4 is 16.7 Å². The molecule has 3 heteroatoms. The van der Waals surface area contributed by atoms with Gasteiger partial charge in [0.25, 0.3) is 5.91 Å². The molecule has 0 aliphatic carbocycles. The minimum atomic E-state index is -0.0322. The van der Waals surface area contributed by atoms with Gasteiger partial charge < -0.3 is 10.1 Å². The van der Waals surface area contributed by atoms with Crippen LogP contribution >= 0.6 is 0 Å². The van der Waals surface area contributed by atoms with Crippen molar-refractivity contribution in [2.75, 3.05) is 6.54 Å². The summed E-state index contributed by atoms with van der Waals surface area (Å²) < 4.78 is 5.98. The number of nitrogens with one attached hydrogen (secondary N) is 1. The maximum atomic E-state index is 12.0. The predicted octanol–water partition coefficient (Wildman–Crippen LogP) is 4.80. The highest BCUT2D eigenvalue weighted by Crippen LogP contribution is 2.25. The van der Waals surface area contributed by atoms with E-state index in [0.717, 1.165) is 22.1 Å². The van der Waals surface area contributed by atoms with Gasteiger partial charge in [0.1, 0.15) is 12.4 Å². The van der Waals surface area contributed by atoms with Crippen molar-refractivity contribution in [3.63, 3.8) is 0 Å². The van der Waals surface area contributed by atoms with Gasteiger partial charge in [0.15, 0.2) is 0 Å². The van der Waals surface area contributed by atoms with E-state index in [1.165, 1.54) is 0 Å². The molecule has 3 aromatic rings. The number of benzene rings is 3. The lowest BCUT2D eigenvalue weighted by Gasteiger charge is -2.10. The molecular weight excluding hydrogens is 310 g/mol. The molecule has 0 heterocycles. The van der Waals surface area contributed by atoms with Crippen LogP contribution in [0, 0.1) is 5.92 Å². The van der Waals surface area contributed by atoms with Gasteiger partial charge in [0.05, 0.1) is 0 Å². The molecule has 0 spiro atoms. The third kappa shape index (κ3) is 4.38. The molecule has 0 saturated heterocycles. The first-order valence-corrected chi connectivity index (χ1v) is 8.61. The van der Waals surface area contributed by atoms with Crippen LogP contribution in [0.2, 0.25) is 0 Å². The number of ether oxygens (including phenoxy) is 1. The summed E-state index contributed by atoms with van der Waals surface area (Å²) in [6, 6.07) is 21.8. The Balaban J connectivity index is 1.64. The topological polar surface area (TPSA) is 38.3 Å². The van der Waals surface area contributed by atoms with E-state index in [0.29, 0.717) is 24.6 Å². The van der Waals surface area contributed by atoms with Gasteiger partial charge in [-0.15, -0.1) is 0 Å². The Kier molecular flexibility index (Phi) is 5.34. The number of hydrogen-bond donors (Lipinski definition) is 1. The lowest BCUT2D eigenvalue weighted by molar-refractivity contribution is 0.0949. The van der Waals surface area contributed by atoms with Crippen molar-refractivity contribution in [3.8, 4) is 5.75 Å². The molecule has 3 aromatic carbocycles. The van der Waals surface area contributed by atoms with Crippen LogP contribution in [-0.2, 0) is 6.61 Å². The molecule has 3 rings (SSSR count). The van der Waals surface area contributed by atoms with Gasteiger partial charge in [-0.25, -0.2) is 0 Å². The zero-order valence-corrected chi connectivity index (χ0v) is 14.7. The average molecular weight is 333 g/mol. The first kappa shape index (κ1) is 17.0. The molecule has 0 saturated carbocycles. The van der Waals surface area contributed by atoms with Gasteiger partial charge in [0, 0.05) is 17.5 Å². The fraction of sp³-hybridized carbons (Fsp3) is 0.227. The van der Waals surface area contributed by atoms with Crippen LogP contribution in [0.1, 0.15) is 29.8 Å². The summed E-state index contributed by atoms with van der Waals surface area (Å²) in [5, 5.41) is 5.20. The molecule has 0 aliphatic rings. The van der Waals surface area contributed by atoms with E-state index in [1.807, 2.05) is 48.5 Å². The van der Waals surface area contributed by atoms with Gasteiger partial charge in [-0.3, -0.25) is 4.79 Å². The Labute approximate surface area is 148 Å². The standard InChI is InChI=1S/C22H23NO2/c1-16(2)14-23-22(24)19-12-10-17(11-13-19)15-25-21-9-5-7-18-6-3-4-8-20(18)21/h3-13,16H,14-15H2,1-2H3,(H,23,24). The maximum absolute atomic E-state index is 12.0. The van der Waals surface area contributed by atoms with Crippen LogP contribution in [-0.4, -0.2) is 12.5 Å². The van der Waals surface area contributed by atoms with E-state index < -0.39 is 0 Å². The summed E-state index contributed by atoms with van der Waals surface area (Å²) in [6.07, 6.45) is 0. The molecule has 0 fully saturated rings. The lowest BCUT2D eigenvalue weighted by atomic mass is 10.1. The van der Waals surface area contributed by atoms with E-state index in [9.17, 15) is 4.79 Å². The SMILES string of the molecule is CC(C)CNC(=O)c1ccc(COc2cccc3ccccc23)cc1. The molecule has 0 bridgehead atoms. The second-order valence-electron chi connectivity index (χ2n) is 6.57. The Morgan fingerprint density at radius 2 is 1.68 bits per heavy atom. The average Bonchev–Trinajstić information content (AvgIpc) is 2.64. The summed E-state index contributed by atoms with van der Waals surface area (Å²) in [5.41, 5.74) is 1.71. The first-order valence-electron chi connectivity index (χ1n) is 8.61. The molecule has 0 aliphatic heterocycles. The van der Waals surface area contributed by atoms with Crippen molar-refractivity contribution in [1.82, 2.24) is 5.32 Å². The van der Waals surface area contributed by atoms with Gasteiger partial charge in [0.2, 0.25) is 0 Å². The number of amides is 1. The van der Waals surface area contributed by atoms with Crippen molar-refractivity contribution in [3.05, 3.63) is 77.9 Å². The monoisotopic (exact) mass is 333 g/mol. The van der Waals surface area contributed by atoms with Gasteiger partial charge in [-0.05, 0) is 35.1 Å². The molecule has 0 unspecified atom stereocenters. The highest BCUT2D eigenvalue weighted by atomic mass is 16.5. The summed E-state index contributed by atoms with van der Waals surface area (Å²) in [5.74, 6) is 1.28. The summed E-state index contributed by atoms with van der Waals surface area (Å²) in [4.78, 5) is 12.0. The molecule has 1 amide bonds. The molecule has 0 aromatic heterocycles. The first-order chi connectivity index (χ1) is 12.1. The number of hydrogen-bond acceptors (Lipinski definition) is 2. The van der Waals surface area contributed by atoms with E-state index in [4.69, 9.17) is 4.74 Å². The summed E-state index contributed by atoms with van der Waals surface area (Å²) in [6.45, 7) is 5.31. The van der Waals surface area contributed by atoms with Gasteiger partial charge >= 0.3 is 0 Å². The van der Waals surface area contributed by atoms with Crippen molar-refractivity contribution in [1.29, 1.82) is 0 Å². The quantitative estimate of drug-likeness (QED) is 0.703. The van der Waals surface area contributed by atoms with Crippen molar-refractivity contribution in [2.45, 2.75) is 20.5 Å². The maximum Gasteiger partial charge on any atom is 0.251 e. The molecule has 0 radical (unpaired) electrons. The number of fused-ring (bicyclic) bond motifs is 1. The highest BCUT2D eigenvalue weighted by Gasteiger charge is 2.06. The third-order valence-corrected chi connectivity index (χ3v) is 4.03. The van der Waals surface area contributed by atoms with E-state index in [2.05, 4.69) is 37.4 Å². The minimum Gasteiger partial charge on any atom is -0.488 e. The van der Waals surface area contributed by atoms with Crippen molar-refractivity contribution in [2.24, 2.45) is 5.92 Å². The fourth-order valence-electron chi connectivity index (χ4n) is 2.63. The number of carbonyl (C=O) groups excluding carboxylic acids is 1. The second-order valence-corrected chi connectivity index (χ2v) is 6.57. The smallest absolute Gasteiger partial charge is 0.251 e. The Morgan fingerprint density at radius 1 is 0.960 bits per heavy atom. The molecule has 25 heavy (non-hydrogen) atoms. The van der Waals surface area contributed by atoms with E-state index in [-0.39, 0.29) is 5.91 Å². The minimum absolute atomic E-state index is 0.0322. The van der Waals surface area contributed by atoms with Crippen LogP contribution in [0.4, 0.5) is 0 Å². The van der Waals surface area contributed by atoms with Crippen LogP contribution in [0.25, 0.3) is 10.8 Å². The second kappa shape index (κ2) is 7.84. The molecule has 3 nitrogen and oxygen atoms in total. The largest absolute Gasteiger partial charge is 0.488 e. The van der Waals surface area contributed by atoms with Crippen LogP contribution in [0.3, 0.4) is 0 Å². The number of rotatable bonds is 6. The zero-order valence-electron chi connectivity index (χ0n) is 14.7. The predicted molar refractivity (Wildman–Crippen MR) is 102 cm³/mol. The van der Waals surface area contributed by atoms with Crippen LogP contribution in [0.5, 0.6) is 5.75 Å². The molecule has 0 atom stereocenters. The Morgan fingerprint density at radius 3 is 2.44 bits per heavy atom. The summed E-state index contributed by atoms with van der Waals surface area (Å²) in [7, 11) is 0. The Bertz CT molecular complexity index is 848. The van der Waals surface area contributed by atoms with E-state index in [1.54, 1.807) is 0 Å². The third-order valence-electron chi connectivity index (χ3n) is 4.03. The molecule has 1 N–H and O–H groups in total. The van der Waals surface area contributed by atoms with Crippen molar-refractivity contribution < 1.29 is 9.53 Å². The lowest BCUT2D eigenvalue weighted by Crippen LogP contribution is -2.27.